The Morgan fingerprint density at radius 1 is 1.27 bits per heavy atom. The molecule has 9 heteroatoms. The molecule has 0 radical (unpaired) electrons. The van der Waals surface area contributed by atoms with Gasteiger partial charge in [-0.3, -0.25) is 4.55 Å². The molecule has 4 N–H and O–H groups in total. The predicted octanol–water partition coefficient (Wildman–Crippen LogP) is -2.52. The molecule has 0 aromatic rings. The summed E-state index contributed by atoms with van der Waals surface area (Å²) in [7, 11) is -4.90. The minimum atomic E-state index is -4.90. The first-order valence-electron chi connectivity index (χ1n) is 3.84. The van der Waals surface area contributed by atoms with E-state index in [1.54, 1.807) is 0 Å². The molecule has 0 aliphatic rings. The van der Waals surface area contributed by atoms with Crippen LogP contribution in [0.25, 0.3) is 0 Å². The maximum atomic E-state index is 10.3. The lowest BCUT2D eigenvalue weighted by Gasteiger charge is -2.24. The maximum Gasteiger partial charge on any atom is 0.397 e. The second kappa shape index (κ2) is 5.49. The van der Waals surface area contributed by atoms with E-state index in [9.17, 15) is 13.2 Å². The molecule has 0 bridgehead atoms. The van der Waals surface area contributed by atoms with Crippen LogP contribution in [0, 0.1) is 0 Å². The van der Waals surface area contributed by atoms with Gasteiger partial charge in [0.1, 0.15) is 18.3 Å². The van der Waals surface area contributed by atoms with Crippen molar-refractivity contribution in [2.45, 2.75) is 31.3 Å². The van der Waals surface area contributed by atoms with Crippen LogP contribution in [0.3, 0.4) is 0 Å². The molecule has 0 saturated heterocycles. The number of rotatable bonds is 6. The van der Waals surface area contributed by atoms with Crippen molar-refractivity contribution in [3.63, 3.8) is 0 Å². The van der Waals surface area contributed by atoms with Crippen LogP contribution >= 0.6 is 0 Å². The summed E-state index contributed by atoms with van der Waals surface area (Å²) in [5.41, 5.74) is 0. The molecule has 0 heterocycles. The topological polar surface area (TPSA) is 141 Å². The molecular weight excluding hydrogens is 232 g/mol. The lowest BCUT2D eigenvalue weighted by molar-refractivity contribution is -0.129. The SMILES string of the molecule is C[C@@H](O)[C@H](OS(=O)(=O)O)[C@H](O)[C@@H](O)C=O. The summed E-state index contributed by atoms with van der Waals surface area (Å²) in [5.74, 6) is 0. The summed E-state index contributed by atoms with van der Waals surface area (Å²) in [4.78, 5) is 10.1. The zero-order valence-corrected chi connectivity index (χ0v) is 8.53. The summed E-state index contributed by atoms with van der Waals surface area (Å²) in [5, 5.41) is 27.0. The largest absolute Gasteiger partial charge is 0.397 e. The molecule has 0 spiro atoms. The van der Waals surface area contributed by atoms with Crippen LogP contribution in [0.15, 0.2) is 0 Å². The minimum Gasteiger partial charge on any atom is -0.391 e. The molecule has 15 heavy (non-hydrogen) atoms. The van der Waals surface area contributed by atoms with Crippen molar-refractivity contribution in [2.24, 2.45) is 0 Å². The molecule has 0 aromatic carbocycles. The van der Waals surface area contributed by atoms with Crippen molar-refractivity contribution in [3.05, 3.63) is 0 Å². The van der Waals surface area contributed by atoms with Crippen LogP contribution in [0.1, 0.15) is 6.92 Å². The van der Waals surface area contributed by atoms with Gasteiger partial charge in [0.15, 0.2) is 6.29 Å². The third-order valence-electron chi connectivity index (χ3n) is 1.53. The number of aliphatic hydroxyl groups is 3. The smallest absolute Gasteiger partial charge is 0.391 e. The first-order valence-corrected chi connectivity index (χ1v) is 5.20. The first-order chi connectivity index (χ1) is 6.69. The zero-order chi connectivity index (χ0) is 12.2. The summed E-state index contributed by atoms with van der Waals surface area (Å²) in [6.07, 6.45) is -7.31. The van der Waals surface area contributed by atoms with Gasteiger partial charge < -0.3 is 20.1 Å². The molecule has 0 aliphatic carbocycles. The minimum absolute atomic E-state index is 0.0621. The van der Waals surface area contributed by atoms with E-state index < -0.39 is 34.8 Å². The highest BCUT2D eigenvalue weighted by Gasteiger charge is 2.34. The van der Waals surface area contributed by atoms with Crippen LogP contribution in [0.4, 0.5) is 0 Å². The highest BCUT2D eigenvalue weighted by Crippen LogP contribution is 2.11. The van der Waals surface area contributed by atoms with E-state index in [0.717, 1.165) is 6.92 Å². The average Bonchev–Trinajstić information content (AvgIpc) is 2.10. The summed E-state index contributed by atoms with van der Waals surface area (Å²) in [6, 6.07) is 0. The lowest BCUT2D eigenvalue weighted by Crippen LogP contribution is -2.46. The second-order valence-electron chi connectivity index (χ2n) is 2.85. The maximum absolute atomic E-state index is 10.3. The quantitative estimate of drug-likeness (QED) is 0.296. The van der Waals surface area contributed by atoms with E-state index in [0.29, 0.717) is 0 Å². The van der Waals surface area contributed by atoms with Crippen LogP contribution in [0.5, 0.6) is 0 Å². The van der Waals surface area contributed by atoms with Crippen molar-refractivity contribution in [1.29, 1.82) is 0 Å². The Kier molecular flexibility index (Phi) is 5.28. The highest BCUT2D eigenvalue weighted by molar-refractivity contribution is 7.80. The van der Waals surface area contributed by atoms with Gasteiger partial charge in [-0.15, -0.1) is 0 Å². The fourth-order valence-electron chi connectivity index (χ4n) is 0.838. The van der Waals surface area contributed by atoms with Gasteiger partial charge in [0.2, 0.25) is 0 Å². The summed E-state index contributed by atoms with van der Waals surface area (Å²) < 4.78 is 32.8. The molecule has 0 aromatic heterocycles. The van der Waals surface area contributed by atoms with Crippen molar-refractivity contribution in [2.75, 3.05) is 0 Å². The second-order valence-corrected chi connectivity index (χ2v) is 3.89. The Hall–Kier alpha value is -0.580. The number of carbonyl (C=O) groups is 1. The van der Waals surface area contributed by atoms with Crippen molar-refractivity contribution in [3.8, 4) is 0 Å². The third kappa shape index (κ3) is 5.16. The molecule has 4 atom stereocenters. The Labute approximate surface area is 86.1 Å². The van der Waals surface area contributed by atoms with E-state index in [1.165, 1.54) is 0 Å². The standard InChI is InChI=1S/C6H12O8S/c1-3(8)6(14-15(11,12)13)5(10)4(9)2-7/h2-6,8-10H,1H3,(H,11,12,13)/t3-,4+,5-,6+/m1/s1. The third-order valence-corrected chi connectivity index (χ3v) is 2.00. The van der Waals surface area contributed by atoms with Crippen molar-refractivity contribution in [1.82, 2.24) is 0 Å². The van der Waals surface area contributed by atoms with E-state index in [2.05, 4.69) is 4.18 Å². The molecule has 0 rings (SSSR count). The normalized spacial score (nSPS) is 20.3. The summed E-state index contributed by atoms with van der Waals surface area (Å²) >= 11 is 0. The van der Waals surface area contributed by atoms with Gasteiger partial charge in [0.05, 0.1) is 6.10 Å². The van der Waals surface area contributed by atoms with Gasteiger partial charge in [-0.25, -0.2) is 4.18 Å². The van der Waals surface area contributed by atoms with E-state index in [1.807, 2.05) is 0 Å². The molecule has 0 unspecified atom stereocenters. The van der Waals surface area contributed by atoms with Crippen molar-refractivity contribution >= 4 is 16.7 Å². The molecule has 0 saturated carbocycles. The number of aliphatic hydroxyl groups excluding tert-OH is 3. The van der Waals surface area contributed by atoms with Gasteiger partial charge in [0, 0.05) is 0 Å². The Morgan fingerprint density at radius 2 is 1.73 bits per heavy atom. The van der Waals surface area contributed by atoms with E-state index in [4.69, 9.17) is 19.9 Å². The lowest BCUT2D eigenvalue weighted by atomic mass is 10.1. The molecule has 8 nitrogen and oxygen atoms in total. The molecule has 0 fully saturated rings. The fraction of sp³-hybridized carbons (Fsp3) is 0.833. The Balaban J connectivity index is 4.74. The van der Waals surface area contributed by atoms with Crippen LogP contribution in [-0.4, -0.2) is 59.0 Å². The van der Waals surface area contributed by atoms with Crippen LogP contribution in [0.2, 0.25) is 0 Å². The van der Waals surface area contributed by atoms with Gasteiger partial charge in [0.25, 0.3) is 0 Å². The average molecular weight is 244 g/mol. The van der Waals surface area contributed by atoms with Gasteiger partial charge >= 0.3 is 10.4 Å². The van der Waals surface area contributed by atoms with Gasteiger partial charge in [-0.05, 0) is 6.92 Å². The molecule has 0 aliphatic heterocycles. The Morgan fingerprint density at radius 3 is 2.00 bits per heavy atom. The monoisotopic (exact) mass is 244 g/mol. The predicted molar refractivity (Wildman–Crippen MR) is 46.2 cm³/mol. The highest BCUT2D eigenvalue weighted by atomic mass is 32.3. The van der Waals surface area contributed by atoms with Crippen molar-refractivity contribution < 1.29 is 37.3 Å². The number of carbonyl (C=O) groups excluding carboxylic acids is 1. The number of hydrogen-bond donors (Lipinski definition) is 4. The zero-order valence-electron chi connectivity index (χ0n) is 7.72. The molecular formula is C6H12O8S. The summed E-state index contributed by atoms with van der Waals surface area (Å²) in [6.45, 7) is 1.05. The van der Waals surface area contributed by atoms with Crippen LogP contribution in [-0.2, 0) is 19.4 Å². The van der Waals surface area contributed by atoms with E-state index >= 15 is 0 Å². The van der Waals surface area contributed by atoms with Gasteiger partial charge in [-0.1, -0.05) is 0 Å². The van der Waals surface area contributed by atoms with Crippen LogP contribution < -0.4 is 0 Å². The Bertz CT molecular complexity index is 296. The molecule has 90 valence electrons. The van der Waals surface area contributed by atoms with E-state index in [-0.39, 0.29) is 6.29 Å². The van der Waals surface area contributed by atoms with Gasteiger partial charge in [-0.2, -0.15) is 8.42 Å². The first kappa shape index (κ1) is 14.4. The fourth-order valence-corrected chi connectivity index (χ4v) is 1.39. The number of hydrogen-bond acceptors (Lipinski definition) is 7. The number of aldehydes is 1. The molecule has 0 amide bonds.